The van der Waals surface area contributed by atoms with Gasteiger partial charge in [-0.25, -0.2) is 0 Å². The molecule has 1 aliphatic rings. The zero-order chi connectivity index (χ0) is 24.4. The number of fused-ring (bicyclic) bond motifs is 2. The molecule has 0 saturated carbocycles. The first-order valence-corrected chi connectivity index (χ1v) is 14.3. The Balaban J connectivity index is 1.37. The van der Waals surface area contributed by atoms with Crippen LogP contribution in [-0.4, -0.2) is 40.8 Å². The van der Waals surface area contributed by atoms with Crippen LogP contribution in [0.5, 0.6) is 5.75 Å². The first kappa shape index (κ1) is 23.1. The average Bonchev–Trinajstić information content (AvgIpc) is 3.08. The van der Waals surface area contributed by atoms with E-state index in [1.165, 1.54) is 0 Å². The van der Waals surface area contributed by atoms with Gasteiger partial charge in [-0.15, -0.1) is 0 Å². The molecule has 6 nitrogen and oxygen atoms in total. The Labute approximate surface area is 206 Å². The number of ether oxygens (including phenoxy) is 1. The number of nitrogens with one attached hydrogen (secondary N) is 1. The lowest BCUT2D eigenvalue weighted by Crippen LogP contribution is -2.23. The van der Waals surface area contributed by atoms with Crippen molar-refractivity contribution < 1.29 is 13.7 Å². The second-order valence-corrected chi connectivity index (χ2v) is 12.3. The molecule has 0 spiro atoms. The Morgan fingerprint density at radius 2 is 1.83 bits per heavy atom. The highest BCUT2D eigenvalue weighted by Gasteiger charge is 2.21. The van der Waals surface area contributed by atoms with Crippen molar-refractivity contribution in [2.24, 2.45) is 0 Å². The number of hydrogen-bond acceptors (Lipinski definition) is 5. The van der Waals surface area contributed by atoms with E-state index in [0.29, 0.717) is 24.5 Å². The van der Waals surface area contributed by atoms with Gasteiger partial charge >= 0.3 is 0 Å². The third-order valence-electron chi connectivity index (χ3n) is 6.21. The van der Waals surface area contributed by atoms with Crippen LogP contribution in [0.3, 0.4) is 0 Å². The monoisotopic (exact) mass is 487 g/mol. The van der Waals surface area contributed by atoms with E-state index in [1.54, 1.807) is 12.5 Å². The van der Waals surface area contributed by atoms with E-state index in [9.17, 15) is 9.00 Å². The lowest BCUT2D eigenvalue weighted by molar-refractivity contribution is 0.0950. The fraction of sp³-hybridized carbons (Fsp3) is 0.214. The summed E-state index contributed by atoms with van der Waals surface area (Å²) in [6, 6.07) is 23.3. The zero-order valence-electron chi connectivity index (χ0n) is 19.9. The molecule has 5 rings (SSSR count). The Morgan fingerprint density at radius 1 is 1.03 bits per heavy atom. The summed E-state index contributed by atoms with van der Waals surface area (Å²) in [5.74, 6) is 0.522. The van der Waals surface area contributed by atoms with Gasteiger partial charge < -0.3 is 15.0 Å². The molecule has 0 unspecified atom stereocenters. The number of aromatic nitrogens is 1. The molecule has 0 aliphatic carbocycles. The fourth-order valence-corrected chi connectivity index (χ4v) is 5.20. The smallest absolute Gasteiger partial charge is 0.251 e. The molecule has 0 fully saturated rings. The van der Waals surface area contributed by atoms with Crippen LogP contribution in [0.2, 0.25) is 0 Å². The van der Waals surface area contributed by atoms with Gasteiger partial charge in [-0.3, -0.25) is 14.0 Å². The summed E-state index contributed by atoms with van der Waals surface area (Å²) < 4.78 is 18.3. The summed E-state index contributed by atoms with van der Waals surface area (Å²) in [4.78, 5) is 20.6. The van der Waals surface area contributed by atoms with Gasteiger partial charge in [-0.05, 0) is 67.0 Å². The molecule has 180 valence electrons. The number of pyridine rings is 1. The second kappa shape index (κ2) is 9.50. The van der Waals surface area contributed by atoms with Crippen molar-refractivity contribution >= 4 is 38.1 Å². The molecule has 4 aromatic rings. The number of thiol groups is 1. The van der Waals surface area contributed by atoms with Crippen molar-refractivity contribution in [3.05, 3.63) is 90.1 Å². The summed E-state index contributed by atoms with van der Waals surface area (Å²) in [6.45, 7) is 1.77. The highest BCUT2D eigenvalue weighted by atomic mass is 32.2. The van der Waals surface area contributed by atoms with E-state index < -0.39 is 9.93 Å². The number of carbonyl (C=O) groups excluding carboxylic acids is 1. The Hall–Kier alpha value is -3.71. The number of hydrogen-bond donors (Lipinski definition) is 2. The highest BCUT2D eigenvalue weighted by Crippen LogP contribution is 2.39. The normalized spacial score (nSPS) is 14.1. The van der Waals surface area contributed by atoms with Crippen LogP contribution >= 0.6 is 0 Å². The summed E-state index contributed by atoms with van der Waals surface area (Å²) in [5, 5.41) is 4.06. The van der Waals surface area contributed by atoms with Crippen LogP contribution in [0.1, 0.15) is 22.3 Å². The summed E-state index contributed by atoms with van der Waals surface area (Å²) >= 11 is 0. The fourth-order valence-electron chi connectivity index (χ4n) is 4.33. The molecule has 0 radical (unpaired) electrons. The van der Waals surface area contributed by atoms with Gasteiger partial charge in [0.2, 0.25) is 0 Å². The van der Waals surface area contributed by atoms with E-state index in [0.717, 1.165) is 45.7 Å². The molecule has 0 bridgehead atoms. The third-order valence-corrected chi connectivity index (χ3v) is 7.75. The number of rotatable bonds is 5. The van der Waals surface area contributed by atoms with E-state index in [1.807, 2.05) is 60.8 Å². The Morgan fingerprint density at radius 3 is 2.63 bits per heavy atom. The molecule has 0 saturated heterocycles. The number of anilines is 2. The summed E-state index contributed by atoms with van der Waals surface area (Å²) in [7, 11) is -2.29. The maximum Gasteiger partial charge on any atom is 0.251 e. The Bertz CT molecular complexity index is 1420. The number of amides is 1. The molecule has 1 aliphatic heterocycles. The average molecular weight is 488 g/mol. The number of carbonyl (C=O) groups is 1. The quantitative estimate of drug-likeness (QED) is 0.399. The summed E-state index contributed by atoms with van der Waals surface area (Å²) in [5.41, 5.74) is 4.40. The maximum atomic E-state index is 12.9. The lowest BCUT2D eigenvalue weighted by atomic mass is 10.1. The van der Waals surface area contributed by atoms with Crippen LogP contribution in [0.25, 0.3) is 10.9 Å². The van der Waals surface area contributed by atoms with Gasteiger partial charge in [-0.2, -0.15) is 0 Å². The molecule has 1 N–H and O–H groups in total. The van der Waals surface area contributed by atoms with E-state index in [4.69, 9.17) is 4.74 Å². The van der Waals surface area contributed by atoms with Crippen molar-refractivity contribution in [2.45, 2.75) is 17.9 Å². The van der Waals surface area contributed by atoms with Gasteiger partial charge in [0.15, 0.2) is 0 Å². The molecular formula is C28H29N3O3S. The number of para-hydroxylation sites is 1. The van der Waals surface area contributed by atoms with Crippen LogP contribution in [0, 0.1) is 0 Å². The van der Waals surface area contributed by atoms with Crippen LogP contribution in [0.4, 0.5) is 11.4 Å². The van der Waals surface area contributed by atoms with E-state index >= 15 is 0 Å². The van der Waals surface area contributed by atoms with Crippen molar-refractivity contribution in [3.8, 4) is 5.75 Å². The lowest BCUT2D eigenvalue weighted by Gasteiger charge is -2.25. The van der Waals surface area contributed by atoms with Gasteiger partial charge in [0.05, 0.1) is 23.5 Å². The van der Waals surface area contributed by atoms with Crippen molar-refractivity contribution in [3.63, 3.8) is 0 Å². The standard InChI is InChI=1S/C28H29N3O3S/c1-35(2,33)23-12-9-20(10-13-23)19-30-28(32)22-11-14-24-26(18-22)34-17-5-16-31(24)25-8-3-6-21-7-4-15-29-27(21)25/h3-4,6-15,18,35H,5,16-17,19H2,1-2H3,(H,30,32). The molecule has 35 heavy (non-hydrogen) atoms. The predicted molar refractivity (Wildman–Crippen MR) is 143 cm³/mol. The van der Waals surface area contributed by atoms with Crippen LogP contribution < -0.4 is 15.0 Å². The number of nitrogens with zero attached hydrogens (tertiary/aromatic N) is 2. The largest absolute Gasteiger partial charge is 0.491 e. The minimum atomic E-state index is -2.29. The highest BCUT2D eigenvalue weighted by molar-refractivity contribution is 8.01. The number of benzene rings is 3. The molecule has 1 aromatic heterocycles. The molecule has 7 heteroatoms. The van der Waals surface area contributed by atoms with Gasteiger partial charge in [-0.1, -0.05) is 40.3 Å². The minimum absolute atomic E-state index is 0.167. The SMILES string of the molecule is C[SH](C)(=O)c1ccc(CNC(=O)c2ccc3c(c2)OCCCN3c2cccc3cccnc23)cc1. The topological polar surface area (TPSA) is 71.5 Å². The first-order chi connectivity index (χ1) is 16.9. The molecule has 3 aromatic carbocycles. The third kappa shape index (κ3) is 4.91. The van der Waals surface area contributed by atoms with Gasteiger partial charge in [0, 0.05) is 35.1 Å². The Kier molecular flexibility index (Phi) is 6.26. The second-order valence-electron chi connectivity index (χ2n) is 9.09. The van der Waals surface area contributed by atoms with Gasteiger partial charge in [0.1, 0.15) is 5.75 Å². The first-order valence-electron chi connectivity index (χ1n) is 11.7. The van der Waals surface area contributed by atoms with Gasteiger partial charge in [0.25, 0.3) is 5.91 Å². The molecular weight excluding hydrogens is 458 g/mol. The minimum Gasteiger partial charge on any atom is -0.491 e. The summed E-state index contributed by atoms with van der Waals surface area (Å²) in [6.07, 6.45) is 6.17. The maximum absolute atomic E-state index is 12.9. The predicted octanol–water partition coefficient (Wildman–Crippen LogP) is 4.72. The molecule has 1 amide bonds. The zero-order valence-corrected chi connectivity index (χ0v) is 20.8. The van der Waals surface area contributed by atoms with Crippen LogP contribution in [-0.2, 0) is 16.5 Å². The van der Waals surface area contributed by atoms with Crippen molar-refractivity contribution in [1.29, 1.82) is 0 Å². The van der Waals surface area contributed by atoms with Crippen molar-refractivity contribution in [2.75, 3.05) is 30.6 Å². The molecule has 2 heterocycles. The molecule has 0 atom stereocenters. The van der Waals surface area contributed by atoms with E-state index in [2.05, 4.69) is 33.4 Å². The van der Waals surface area contributed by atoms with Crippen molar-refractivity contribution in [1.82, 2.24) is 10.3 Å². The van der Waals surface area contributed by atoms with Crippen LogP contribution in [0.15, 0.2) is 83.9 Å². The van der Waals surface area contributed by atoms with E-state index in [-0.39, 0.29) is 5.91 Å².